The zero-order valence-electron chi connectivity index (χ0n) is 38.2. The van der Waals surface area contributed by atoms with E-state index in [0.717, 1.165) is 32.1 Å². The maximum atomic E-state index is 12.7. The maximum absolute atomic E-state index is 12.7. The maximum Gasteiger partial charge on any atom is 0.472 e. The van der Waals surface area contributed by atoms with Crippen LogP contribution < -0.4 is 0 Å². The van der Waals surface area contributed by atoms with E-state index < -0.39 is 72.3 Å². The fourth-order valence-electron chi connectivity index (χ4n) is 5.22. The molecule has 0 aromatic carbocycles. The molecule has 0 bridgehead atoms. The number of rotatable bonds is 41. The van der Waals surface area contributed by atoms with Gasteiger partial charge >= 0.3 is 27.6 Å². The Kier molecular flexibility index (Phi) is 40.2. The zero-order valence-corrected chi connectivity index (χ0v) is 40.0. The molecule has 0 aliphatic rings. The van der Waals surface area contributed by atoms with Crippen LogP contribution in [0.5, 0.6) is 0 Å². The highest BCUT2D eigenvalue weighted by Gasteiger charge is 2.28. The van der Waals surface area contributed by atoms with Gasteiger partial charge in [0.1, 0.15) is 12.7 Å². The number of phosphoric acid groups is 2. The largest absolute Gasteiger partial charge is 0.472 e. The number of aliphatic hydroxyl groups is 2. The van der Waals surface area contributed by atoms with Gasteiger partial charge in [-0.05, 0) is 83.5 Å². The second-order valence-corrected chi connectivity index (χ2v) is 17.5. The minimum Gasteiger partial charge on any atom is -0.462 e. The lowest BCUT2D eigenvalue weighted by molar-refractivity contribution is -0.161. The van der Waals surface area contributed by atoms with Crippen LogP contribution in [0.1, 0.15) is 136 Å². The Morgan fingerprint density at radius 3 is 1.56 bits per heavy atom. The highest BCUT2D eigenvalue weighted by molar-refractivity contribution is 7.47. The highest BCUT2D eigenvalue weighted by atomic mass is 31.2. The van der Waals surface area contributed by atoms with Crippen LogP contribution in [-0.2, 0) is 41.8 Å². The second kappa shape index (κ2) is 42.4. The summed E-state index contributed by atoms with van der Waals surface area (Å²) in [4.78, 5) is 52.7. The topological polar surface area (TPSA) is 216 Å². The summed E-state index contributed by atoms with van der Waals surface area (Å²) in [5.74, 6) is -1.25. The molecule has 0 spiro atoms. The first-order valence-corrected chi connectivity index (χ1v) is 25.7. The molecule has 64 heavy (non-hydrogen) atoms. The average Bonchev–Trinajstić information content (AvgIpc) is 3.25. The number of allylic oxidation sites excluding steroid dienone is 16. The summed E-state index contributed by atoms with van der Waals surface area (Å²) in [5, 5.41) is 19.8. The Morgan fingerprint density at radius 2 is 1.00 bits per heavy atom. The van der Waals surface area contributed by atoms with Crippen LogP contribution in [0.3, 0.4) is 0 Å². The van der Waals surface area contributed by atoms with E-state index >= 15 is 0 Å². The predicted molar refractivity (Wildman–Crippen MR) is 254 cm³/mol. The van der Waals surface area contributed by atoms with Crippen molar-refractivity contribution in [2.45, 2.75) is 154 Å². The normalized spacial score (nSPS) is 15.4. The minimum absolute atomic E-state index is 0.000509. The summed E-state index contributed by atoms with van der Waals surface area (Å²) in [7, 11) is -9.75. The Morgan fingerprint density at radius 1 is 0.516 bits per heavy atom. The van der Waals surface area contributed by atoms with Crippen LogP contribution in [0, 0.1) is 0 Å². The monoisotopic (exact) mass is 940 g/mol. The number of ether oxygens (including phenoxy) is 2. The van der Waals surface area contributed by atoms with Gasteiger partial charge in [0.25, 0.3) is 0 Å². The van der Waals surface area contributed by atoms with Gasteiger partial charge in [-0.1, -0.05) is 149 Å². The van der Waals surface area contributed by atoms with Gasteiger partial charge < -0.3 is 34.4 Å². The predicted octanol–water partition coefficient (Wildman–Crippen LogP) is 10.9. The van der Waals surface area contributed by atoms with E-state index in [1.54, 1.807) is 6.08 Å². The third-order valence-electron chi connectivity index (χ3n) is 8.72. The molecule has 14 nitrogen and oxygen atoms in total. The quantitative estimate of drug-likeness (QED) is 0.0127. The fourth-order valence-corrected chi connectivity index (χ4v) is 6.38. The first-order valence-electron chi connectivity index (χ1n) is 22.7. The number of phosphoric ester groups is 2. The molecule has 0 aromatic rings. The number of unbranched alkanes of at least 4 members (excludes halogenated alkanes) is 7. The summed E-state index contributed by atoms with van der Waals surface area (Å²) in [6.45, 7) is 1.45. The van der Waals surface area contributed by atoms with E-state index in [9.17, 15) is 33.8 Å². The van der Waals surface area contributed by atoms with Crippen molar-refractivity contribution < 1.29 is 66.7 Å². The molecule has 0 aliphatic heterocycles. The highest BCUT2D eigenvalue weighted by Crippen LogP contribution is 2.43. The number of hydrogen-bond donors (Lipinski definition) is 5. The van der Waals surface area contributed by atoms with E-state index in [1.807, 2.05) is 54.7 Å². The van der Waals surface area contributed by atoms with Gasteiger partial charge in [0.15, 0.2) is 6.10 Å². The number of esters is 2. The van der Waals surface area contributed by atoms with Crippen molar-refractivity contribution in [3.05, 3.63) is 109 Å². The van der Waals surface area contributed by atoms with Crippen LogP contribution in [0.15, 0.2) is 109 Å². The fraction of sp³-hybridized carbons (Fsp3) is 0.583. The molecule has 4 atom stereocenters. The smallest absolute Gasteiger partial charge is 0.462 e. The standard InChI is InChI=1S/C48H78O14P2/c1-3-5-7-9-11-12-13-14-15-16-17-18-19-20-21-22-26-30-34-38-47(51)58-42-46(43-61-64(56,57)60-41-45(50)40-59-63(53,54)55)62-48(52)39-35-31-27-23-25-29-33-37-44(49)36-32-28-24-10-8-6-4-2/h11-12,14-15,17-18,20-21,23-24,26-30,32-33,36,44-46,49-50H,3-10,13,16,19,22,25,31,34-35,37-43H2,1-2H3,(H,56,57)(H2,53,54,55)/b12-11-,15-14-,18-17-,21-20-,27-23+,28-24-,30-26-,33-29-,36-32-/t44-,45-,46+/m0/s1. The van der Waals surface area contributed by atoms with E-state index in [-0.39, 0.29) is 12.8 Å². The third kappa shape index (κ3) is 45.3. The molecule has 5 N–H and O–H groups in total. The Bertz CT molecular complexity index is 1560. The summed E-state index contributed by atoms with van der Waals surface area (Å²) >= 11 is 0. The van der Waals surface area contributed by atoms with Gasteiger partial charge in [0, 0.05) is 12.8 Å². The summed E-state index contributed by atoms with van der Waals surface area (Å²) in [6.07, 6.45) is 48.3. The molecule has 0 aliphatic carbocycles. The molecule has 0 radical (unpaired) electrons. The molecular formula is C48H78O14P2. The van der Waals surface area contributed by atoms with Crippen LogP contribution in [0.2, 0.25) is 0 Å². The number of carbonyl (C=O) groups is 2. The Balaban J connectivity index is 4.78. The second-order valence-electron chi connectivity index (χ2n) is 14.8. The van der Waals surface area contributed by atoms with E-state index in [4.69, 9.17) is 23.8 Å². The van der Waals surface area contributed by atoms with E-state index in [0.29, 0.717) is 38.5 Å². The summed E-state index contributed by atoms with van der Waals surface area (Å²) in [6, 6.07) is 0. The lowest BCUT2D eigenvalue weighted by Crippen LogP contribution is -2.29. The molecule has 0 saturated heterocycles. The van der Waals surface area contributed by atoms with Crippen molar-refractivity contribution in [1.82, 2.24) is 0 Å². The summed E-state index contributed by atoms with van der Waals surface area (Å²) < 4.78 is 47.6. The Labute approximate surface area is 383 Å². The molecule has 0 aromatic heterocycles. The number of aliphatic hydroxyl groups excluding tert-OH is 2. The number of carbonyl (C=O) groups excluding carboxylic acids is 2. The number of hydrogen-bond acceptors (Lipinski definition) is 11. The Hall–Kier alpha value is -3.26. The molecule has 0 rings (SSSR count). The molecule has 0 fully saturated rings. The van der Waals surface area contributed by atoms with Gasteiger partial charge in [-0.15, -0.1) is 0 Å². The summed E-state index contributed by atoms with van der Waals surface area (Å²) in [5.41, 5.74) is 0. The van der Waals surface area contributed by atoms with Gasteiger partial charge in [-0.2, -0.15) is 0 Å². The lowest BCUT2D eigenvalue weighted by Gasteiger charge is -2.20. The van der Waals surface area contributed by atoms with Gasteiger partial charge in [-0.25, -0.2) is 9.13 Å². The zero-order chi connectivity index (χ0) is 47.4. The van der Waals surface area contributed by atoms with Crippen molar-refractivity contribution in [2.75, 3.05) is 26.4 Å². The molecule has 0 heterocycles. The van der Waals surface area contributed by atoms with E-state index in [2.05, 4.69) is 71.5 Å². The van der Waals surface area contributed by atoms with Crippen molar-refractivity contribution in [3.8, 4) is 0 Å². The SMILES string of the molecule is CCCCC/C=C\C=C/[C@H](O)C/C=C\C/C=C/CCCC(=O)O[C@H](COC(=O)CC/C=C\C/C=C\C/C=C\C/C=C\C/C=C\CCCCC)COP(=O)(O)OC[C@@H](O)COP(=O)(O)O. The van der Waals surface area contributed by atoms with E-state index in [1.165, 1.54) is 38.5 Å². The third-order valence-corrected chi connectivity index (χ3v) is 10.2. The van der Waals surface area contributed by atoms with Crippen LogP contribution >= 0.6 is 15.6 Å². The average molecular weight is 941 g/mol. The van der Waals surface area contributed by atoms with Crippen molar-refractivity contribution in [1.29, 1.82) is 0 Å². The van der Waals surface area contributed by atoms with Crippen molar-refractivity contribution >= 4 is 27.6 Å². The molecule has 1 unspecified atom stereocenters. The lowest BCUT2D eigenvalue weighted by atomic mass is 10.2. The molecule has 0 saturated carbocycles. The first-order chi connectivity index (χ1) is 30.8. The van der Waals surface area contributed by atoms with Gasteiger partial charge in [0.2, 0.25) is 0 Å². The van der Waals surface area contributed by atoms with Gasteiger partial charge in [-0.3, -0.25) is 23.2 Å². The van der Waals surface area contributed by atoms with Crippen molar-refractivity contribution in [2.24, 2.45) is 0 Å². The van der Waals surface area contributed by atoms with Gasteiger partial charge in [0.05, 0.1) is 25.9 Å². The van der Waals surface area contributed by atoms with Crippen LogP contribution in [0.25, 0.3) is 0 Å². The molecule has 0 amide bonds. The molecular weight excluding hydrogens is 862 g/mol. The van der Waals surface area contributed by atoms with Crippen molar-refractivity contribution in [3.63, 3.8) is 0 Å². The first kappa shape index (κ1) is 60.7. The molecule has 364 valence electrons. The minimum atomic E-state index is -4.89. The molecule has 16 heteroatoms. The van der Waals surface area contributed by atoms with Crippen LogP contribution in [-0.4, -0.2) is 81.6 Å². The van der Waals surface area contributed by atoms with Crippen LogP contribution in [0.4, 0.5) is 0 Å².